The predicted octanol–water partition coefficient (Wildman–Crippen LogP) is 6.68. The largest absolute Gasteiger partial charge is 0.424 e. The van der Waals surface area contributed by atoms with Crippen molar-refractivity contribution < 1.29 is 63.1 Å². The third-order valence-electron chi connectivity index (χ3n) is 7.34. The van der Waals surface area contributed by atoms with Crippen LogP contribution in [0.5, 0.6) is 5.75 Å². The summed E-state index contributed by atoms with van der Waals surface area (Å²) < 4.78 is 134. The Morgan fingerprint density at radius 3 is 1.89 bits per heavy atom. The van der Waals surface area contributed by atoms with Crippen LogP contribution in [0.3, 0.4) is 0 Å². The van der Waals surface area contributed by atoms with Gasteiger partial charge < -0.3 is 18.9 Å². The van der Waals surface area contributed by atoms with E-state index >= 15 is 0 Å². The highest BCUT2D eigenvalue weighted by molar-refractivity contribution is 7.97. The second-order valence-corrected chi connectivity index (χ2v) is 14.4. The first-order valence-corrected chi connectivity index (χ1v) is 16.6. The molecule has 0 aromatic heterocycles. The maximum absolute atomic E-state index is 13.9. The molecule has 0 bridgehead atoms. The molecule has 8 nitrogen and oxygen atoms in total. The van der Waals surface area contributed by atoms with Crippen molar-refractivity contribution in [2.75, 3.05) is 19.8 Å². The maximum atomic E-state index is 13.9. The lowest BCUT2D eigenvalue weighted by Crippen LogP contribution is -2.45. The van der Waals surface area contributed by atoms with E-state index in [2.05, 4.69) is 4.74 Å². The Balaban J connectivity index is 1.59. The van der Waals surface area contributed by atoms with Crippen molar-refractivity contribution in [3.63, 3.8) is 0 Å². The molecule has 0 amide bonds. The second kappa shape index (κ2) is 13.4. The summed E-state index contributed by atoms with van der Waals surface area (Å²) in [6.07, 6.45) is -2.35. The smallest absolute Gasteiger partial charge is 0.394 e. The molecule has 1 aliphatic rings. The van der Waals surface area contributed by atoms with Crippen molar-refractivity contribution in [2.45, 2.75) is 71.4 Å². The Labute approximate surface area is 270 Å². The third-order valence-corrected chi connectivity index (χ3v) is 10.6. The predicted molar refractivity (Wildman–Crippen MR) is 158 cm³/mol. The number of halogens is 6. The van der Waals surface area contributed by atoms with Gasteiger partial charge in [-0.2, -0.15) is 34.8 Å². The highest BCUT2D eigenvalue weighted by Crippen LogP contribution is 2.43. The monoisotopic (exact) mass is 709 g/mol. The molecule has 1 aliphatic heterocycles. The summed E-state index contributed by atoms with van der Waals surface area (Å²) in [7, 11) is -6.57. The molecule has 47 heavy (non-hydrogen) atoms. The summed E-state index contributed by atoms with van der Waals surface area (Å²) in [5.74, 6) is -11.7. The Kier molecular flexibility index (Phi) is 10.5. The summed E-state index contributed by atoms with van der Waals surface area (Å²) in [6.45, 7) is 1.16. The van der Waals surface area contributed by atoms with Crippen molar-refractivity contribution in [3.8, 4) is 5.75 Å². The number of aryl methyl sites for hydroxylation is 2. The van der Waals surface area contributed by atoms with E-state index in [0.29, 0.717) is 18.1 Å². The van der Waals surface area contributed by atoms with E-state index in [9.17, 15) is 39.6 Å². The molecule has 3 aromatic rings. The fraction of sp³-hybridized carbons (Fsp3) is 0.387. The first-order valence-electron chi connectivity index (χ1n) is 13.9. The van der Waals surface area contributed by atoms with Gasteiger partial charge in [-0.3, -0.25) is 4.55 Å². The number of carbonyl (C=O) groups excluding carboxylic acids is 1. The van der Waals surface area contributed by atoms with Crippen molar-refractivity contribution in [2.24, 2.45) is 0 Å². The molecule has 2 unspecified atom stereocenters. The minimum absolute atomic E-state index is 0.118. The van der Waals surface area contributed by atoms with Gasteiger partial charge in [-0.05, 0) is 75.2 Å². The highest BCUT2D eigenvalue weighted by atomic mass is 32.2. The average Bonchev–Trinajstić information content (AvgIpc) is 3.08. The lowest BCUT2D eigenvalue weighted by Gasteiger charge is -2.28. The number of ether oxygens (including phenoxy) is 4. The van der Waals surface area contributed by atoms with Crippen LogP contribution in [-0.4, -0.2) is 62.0 Å². The van der Waals surface area contributed by atoms with Crippen LogP contribution in [0.15, 0.2) is 81.4 Å². The van der Waals surface area contributed by atoms with Gasteiger partial charge in [0, 0.05) is 17.7 Å². The third kappa shape index (κ3) is 7.78. The molecule has 3 aromatic carbocycles. The average molecular weight is 710 g/mol. The van der Waals surface area contributed by atoms with Gasteiger partial charge in [0.1, 0.15) is 31.7 Å². The van der Waals surface area contributed by atoms with Gasteiger partial charge in [-0.15, -0.1) is 0 Å². The summed E-state index contributed by atoms with van der Waals surface area (Å²) in [6, 6.07) is 19.3. The van der Waals surface area contributed by atoms with E-state index in [1.54, 1.807) is 50.2 Å². The molecule has 2 atom stereocenters. The van der Waals surface area contributed by atoms with Crippen LogP contribution in [0.4, 0.5) is 26.3 Å². The van der Waals surface area contributed by atoms with Gasteiger partial charge in [0.2, 0.25) is 0 Å². The van der Waals surface area contributed by atoms with Gasteiger partial charge in [-0.1, -0.05) is 18.2 Å². The second-order valence-electron chi connectivity index (χ2n) is 10.9. The first-order chi connectivity index (χ1) is 21.7. The molecule has 1 N–H and O–H groups in total. The molecule has 256 valence electrons. The first kappa shape index (κ1) is 36.7. The van der Waals surface area contributed by atoms with E-state index in [4.69, 9.17) is 18.8 Å². The van der Waals surface area contributed by atoms with Crippen LogP contribution >= 0.6 is 0 Å². The van der Waals surface area contributed by atoms with E-state index < -0.39 is 75.8 Å². The van der Waals surface area contributed by atoms with Crippen LogP contribution in [0.25, 0.3) is 0 Å². The van der Waals surface area contributed by atoms with Crippen molar-refractivity contribution >= 4 is 27.0 Å². The van der Waals surface area contributed by atoms with Crippen molar-refractivity contribution in [1.29, 1.82) is 0 Å². The Morgan fingerprint density at radius 1 is 0.915 bits per heavy atom. The van der Waals surface area contributed by atoms with E-state index in [-0.39, 0.29) is 11.3 Å². The van der Waals surface area contributed by atoms with Crippen molar-refractivity contribution in [1.82, 2.24) is 0 Å². The number of esters is 1. The molecule has 0 aliphatic carbocycles. The molecular formula is C31H31F6O8S2+. The Hall–Kier alpha value is -3.15. The van der Waals surface area contributed by atoms with E-state index in [1.807, 2.05) is 30.3 Å². The highest BCUT2D eigenvalue weighted by Gasteiger charge is 2.60. The van der Waals surface area contributed by atoms with Crippen LogP contribution in [0.1, 0.15) is 30.5 Å². The number of alkyl halides is 6. The topological polar surface area (TPSA) is 108 Å². The Morgan fingerprint density at radius 2 is 1.40 bits per heavy atom. The fourth-order valence-electron chi connectivity index (χ4n) is 4.57. The molecule has 0 spiro atoms. The molecule has 1 heterocycles. The number of carbonyl (C=O) groups is 1. The zero-order valence-electron chi connectivity index (χ0n) is 25.4. The van der Waals surface area contributed by atoms with Crippen LogP contribution < -0.4 is 4.74 Å². The van der Waals surface area contributed by atoms with Gasteiger partial charge in [0.05, 0.1) is 10.9 Å². The summed E-state index contributed by atoms with van der Waals surface area (Å²) in [5.41, 5.74) is 1.22. The minimum Gasteiger partial charge on any atom is -0.424 e. The van der Waals surface area contributed by atoms with Crippen molar-refractivity contribution in [3.05, 3.63) is 83.4 Å². The van der Waals surface area contributed by atoms with Crippen LogP contribution in [0, 0.1) is 13.8 Å². The van der Waals surface area contributed by atoms with Gasteiger partial charge in [-0.25, -0.2) is 4.79 Å². The molecule has 1 fully saturated rings. The van der Waals surface area contributed by atoms with Gasteiger partial charge in [0.15, 0.2) is 20.5 Å². The lowest BCUT2D eigenvalue weighted by molar-refractivity contribution is -0.233. The number of hydrogen-bond donors (Lipinski definition) is 1. The van der Waals surface area contributed by atoms with E-state index in [1.165, 1.54) is 6.92 Å². The maximum Gasteiger partial charge on any atom is 0.394 e. The number of hydrogen-bond acceptors (Lipinski definition) is 7. The molecule has 4 rings (SSSR count). The minimum atomic E-state index is -5.78. The summed E-state index contributed by atoms with van der Waals surface area (Å²) in [4.78, 5) is 14.8. The SMILES string of the molecule is Cc1cc([S+](c2ccccc2)c2ccc(C3(C)OCC(F)(F)C(F)(F)CO3)cc2)cc(C)c1OC(=O)COC(C)C(F)(F)S(=O)(=O)O. The quantitative estimate of drug-likeness (QED) is 0.0817. The zero-order valence-corrected chi connectivity index (χ0v) is 27.1. The van der Waals surface area contributed by atoms with E-state index in [0.717, 1.165) is 14.7 Å². The fourth-order valence-corrected chi connectivity index (χ4v) is 7.30. The molecular weight excluding hydrogens is 678 g/mol. The molecule has 0 radical (unpaired) electrons. The summed E-state index contributed by atoms with van der Waals surface area (Å²) >= 11 is 0. The standard InChI is InChI=1S/C31H30F6O8S2/c1-19-14-25(15-20(2)27(19)45-26(38)16-42-21(3)31(36,37)47(39,40)41)46(23-8-6-5-7-9-23)24-12-10-22(11-13-24)28(4)43-17-29(32,33)30(34,35)18-44-28/h5-15,21H,16-18H2,1-4H3/p+1. The lowest BCUT2D eigenvalue weighted by atomic mass is 10.1. The zero-order chi connectivity index (χ0) is 35.0. The normalized spacial score (nSPS) is 19.0. The summed E-state index contributed by atoms with van der Waals surface area (Å²) in [5, 5.41) is -4.65. The number of rotatable bonds is 10. The van der Waals surface area contributed by atoms with Gasteiger partial charge in [0.25, 0.3) is 0 Å². The molecule has 16 heteroatoms. The van der Waals surface area contributed by atoms with Crippen LogP contribution in [0.2, 0.25) is 0 Å². The van der Waals surface area contributed by atoms with Crippen LogP contribution in [-0.2, 0) is 45.8 Å². The Bertz CT molecular complexity index is 1660. The molecule has 1 saturated heterocycles. The molecule has 0 saturated carbocycles. The number of benzene rings is 3. The van der Waals surface area contributed by atoms with Gasteiger partial charge >= 0.3 is 33.2 Å².